The van der Waals surface area contributed by atoms with Crippen molar-refractivity contribution in [3.8, 4) is 22.3 Å². The molecule has 2 aliphatic carbocycles. The summed E-state index contributed by atoms with van der Waals surface area (Å²) in [5.74, 6) is -0.609. The van der Waals surface area contributed by atoms with Crippen molar-refractivity contribution >= 4 is 11.8 Å². The van der Waals surface area contributed by atoms with Gasteiger partial charge in [-0.3, -0.25) is 9.59 Å². The Morgan fingerprint density at radius 1 is 0.552 bits per heavy atom. The number of aryl methyl sites for hydroxylation is 2. The van der Waals surface area contributed by atoms with Crippen molar-refractivity contribution < 1.29 is 18.4 Å². The molecule has 2 aliphatic rings. The molecule has 0 aromatic heterocycles. The van der Waals surface area contributed by atoms with Gasteiger partial charge in [-0.25, -0.2) is 8.78 Å². The lowest BCUT2D eigenvalue weighted by molar-refractivity contribution is 0.0925. The van der Waals surface area contributed by atoms with Gasteiger partial charge in [0.15, 0.2) is 0 Å². The summed E-state index contributed by atoms with van der Waals surface area (Å²) < 4.78 is 26.2. The van der Waals surface area contributed by atoms with Gasteiger partial charge >= 0.3 is 0 Å². The Hall–Kier alpha value is -5.96. The molecule has 0 aliphatic heterocycles. The van der Waals surface area contributed by atoms with Crippen LogP contribution in [-0.2, 0) is 38.8 Å². The summed E-state index contributed by atoms with van der Waals surface area (Å²) in [6.07, 6.45) is 5.55. The zero-order chi connectivity index (χ0) is 40.6. The smallest absolute Gasteiger partial charge is 0.251 e. The van der Waals surface area contributed by atoms with E-state index in [1.807, 2.05) is 48.5 Å². The van der Waals surface area contributed by atoms with E-state index in [9.17, 15) is 18.4 Å². The molecule has 0 heterocycles. The third kappa shape index (κ3) is 10.3. The van der Waals surface area contributed by atoms with Gasteiger partial charge < -0.3 is 21.3 Å². The molecule has 6 aromatic carbocycles. The Labute approximate surface area is 340 Å². The van der Waals surface area contributed by atoms with Crippen LogP contribution in [0.1, 0.15) is 66.9 Å². The average Bonchev–Trinajstić information content (AvgIpc) is 3.24. The molecule has 58 heavy (non-hydrogen) atoms. The molecule has 2 atom stereocenters. The van der Waals surface area contributed by atoms with Crippen molar-refractivity contribution in [2.24, 2.45) is 5.73 Å². The highest BCUT2D eigenvalue weighted by atomic mass is 19.1. The lowest BCUT2D eigenvalue weighted by Gasteiger charge is -2.26. The van der Waals surface area contributed by atoms with Gasteiger partial charge in [0.1, 0.15) is 11.6 Å². The topological polar surface area (TPSA) is 87.5 Å². The first-order valence-electron chi connectivity index (χ1n) is 20.0. The van der Waals surface area contributed by atoms with E-state index in [2.05, 4.69) is 66.0 Å². The Balaban J connectivity index is 0.000000177. The molecule has 0 radical (unpaired) electrons. The first-order valence-corrected chi connectivity index (χ1v) is 20.0. The minimum atomic E-state index is -0.256. The fourth-order valence-electron chi connectivity index (χ4n) is 7.90. The minimum Gasteiger partial charge on any atom is -0.349 e. The maximum absolute atomic E-state index is 13.1. The molecule has 6 aromatic rings. The van der Waals surface area contributed by atoms with E-state index in [1.54, 1.807) is 24.3 Å². The molecular weight excluding hydrogens is 727 g/mol. The third-order valence-electron chi connectivity index (χ3n) is 11.1. The van der Waals surface area contributed by atoms with Gasteiger partial charge in [-0.15, -0.1) is 0 Å². The van der Waals surface area contributed by atoms with E-state index in [4.69, 9.17) is 5.73 Å². The van der Waals surface area contributed by atoms with Gasteiger partial charge in [-0.05, 0) is 157 Å². The SMILES string of the molecule is CN(C)Cc1ccc2c(c1)CCC(NC(=O)c1ccc(-c3ccc(F)cc3)cc1)C2.NCc1ccc2c(c1)CCC(NC(=O)c1ccc(-c3ccc(F)cc3)cc1)C2. The molecule has 0 bridgehead atoms. The summed E-state index contributed by atoms with van der Waals surface area (Å²) in [7, 11) is 4.16. The highest BCUT2D eigenvalue weighted by Crippen LogP contribution is 2.26. The van der Waals surface area contributed by atoms with Crippen LogP contribution in [0.15, 0.2) is 133 Å². The molecule has 6 nitrogen and oxygen atoms in total. The second-order valence-corrected chi connectivity index (χ2v) is 15.6. The molecule has 0 fully saturated rings. The number of hydrogen-bond donors (Lipinski definition) is 3. The fraction of sp³-hybridized carbons (Fsp3) is 0.240. The third-order valence-corrected chi connectivity index (χ3v) is 11.1. The van der Waals surface area contributed by atoms with Gasteiger partial charge in [-0.2, -0.15) is 0 Å². The summed E-state index contributed by atoms with van der Waals surface area (Å²) in [6, 6.07) is 41.0. The standard InChI is InChI=1S/C26H27FN2O.C24H23FN2O/c1-29(2)17-18-3-4-23-16-25(14-11-22(23)15-18)28-26(30)21-7-5-19(6-8-21)20-9-12-24(27)13-10-20;25-22-10-7-18(8-11-22)17-3-5-19(6-4-17)24(28)27-23-12-9-20-13-16(15-26)1-2-21(20)14-23/h3-10,12-13,15,25H,11,14,16-17H2,1-2H3,(H,28,30);1-8,10-11,13,23H,9,12,14-15,26H2,(H,27,28). The van der Waals surface area contributed by atoms with Crippen molar-refractivity contribution in [2.75, 3.05) is 14.1 Å². The molecule has 4 N–H and O–H groups in total. The van der Waals surface area contributed by atoms with E-state index in [1.165, 1.54) is 52.1 Å². The van der Waals surface area contributed by atoms with Crippen molar-refractivity contribution in [1.29, 1.82) is 0 Å². The second-order valence-electron chi connectivity index (χ2n) is 15.6. The van der Waals surface area contributed by atoms with Crippen LogP contribution in [0.5, 0.6) is 0 Å². The van der Waals surface area contributed by atoms with E-state index in [0.717, 1.165) is 72.9 Å². The van der Waals surface area contributed by atoms with Crippen molar-refractivity contribution in [3.63, 3.8) is 0 Å². The van der Waals surface area contributed by atoms with Crippen LogP contribution in [0.25, 0.3) is 22.3 Å². The van der Waals surface area contributed by atoms with Crippen molar-refractivity contribution in [1.82, 2.24) is 15.5 Å². The molecule has 8 heteroatoms. The predicted octanol–water partition coefficient (Wildman–Crippen LogP) is 9.08. The highest BCUT2D eigenvalue weighted by molar-refractivity contribution is 5.95. The number of nitrogens with zero attached hydrogens (tertiary/aromatic N) is 1. The molecule has 296 valence electrons. The monoisotopic (exact) mass is 776 g/mol. The number of benzene rings is 6. The lowest BCUT2D eigenvalue weighted by Crippen LogP contribution is -2.38. The fourth-order valence-corrected chi connectivity index (χ4v) is 7.90. The first kappa shape index (κ1) is 40.2. The molecule has 0 saturated heterocycles. The zero-order valence-electron chi connectivity index (χ0n) is 33.1. The van der Waals surface area contributed by atoms with Gasteiger partial charge in [0.2, 0.25) is 0 Å². The van der Waals surface area contributed by atoms with Crippen molar-refractivity contribution in [2.45, 2.75) is 63.7 Å². The largest absolute Gasteiger partial charge is 0.349 e. The quantitative estimate of drug-likeness (QED) is 0.137. The number of rotatable bonds is 9. The summed E-state index contributed by atoms with van der Waals surface area (Å²) in [6.45, 7) is 1.50. The Kier molecular flexibility index (Phi) is 12.9. The minimum absolute atomic E-state index is 0.0432. The summed E-state index contributed by atoms with van der Waals surface area (Å²) in [5.41, 5.74) is 18.6. The Bertz CT molecular complexity index is 2340. The van der Waals surface area contributed by atoms with Gasteiger partial charge in [0, 0.05) is 36.3 Å². The maximum atomic E-state index is 13.1. The lowest BCUT2D eigenvalue weighted by atomic mass is 9.87. The van der Waals surface area contributed by atoms with Crippen LogP contribution in [0.3, 0.4) is 0 Å². The number of carbonyl (C=O) groups is 2. The number of halogens is 2. The van der Waals surface area contributed by atoms with Gasteiger partial charge in [-0.1, -0.05) is 84.9 Å². The van der Waals surface area contributed by atoms with Crippen LogP contribution < -0.4 is 16.4 Å². The Morgan fingerprint density at radius 3 is 1.33 bits per heavy atom. The molecule has 0 saturated carbocycles. The number of nitrogens with one attached hydrogen (secondary N) is 2. The van der Waals surface area contributed by atoms with Gasteiger partial charge in [0.25, 0.3) is 11.8 Å². The number of nitrogens with two attached hydrogens (primary N) is 1. The zero-order valence-corrected chi connectivity index (χ0v) is 33.1. The van der Waals surface area contributed by atoms with E-state index in [0.29, 0.717) is 17.7 Å². The van der Waals surface area contributed by atoms with Crippen LogP contribution in [-0.4, -0.2) is 42.9 Å². The highest BCUT2D eigenvalue weighted by Gasteiger charge is 2.22. The average molecular weight is 777 g/mol. The number of amides is 2. The maximum Gasteiger partial charge on any atom is 0.251 e. The van der Waals surface area contributed by atoms with E-state index < -0.39 is 0 Å². The van der Waals surface area contributed by atoms with Crippen molar-refractivity contribution in [3.05, 3.63) is 190 Å². The summed E-state index contributed by atoms with van der Waals surface area (Å²) in [4.78, 5) is 27.5. The predicted molar refractivity (Wildman–Crippen MR) is 228 cm³/mol. The molecular formula is C50H50F2N4O2. The van der Waals surface area contributed by atoms with E-state index >= 15 is 0 Å². The molecule has 2 amide bonds. The number of carbonyl (C=O) groups excluding carboxylic acids is 2. The molecule has 8 rings (SSSR count). The Morgan fingerprint density at radius 2 is 0.931 bits per heavy atom. The molecule has 0 spiro atoms. The number of fused-ring (bicyclic) bond motifs is 2. The van der Waals surface area contributed by atoms with Crippen LogP contribution in [0.2, 0.25) is 0 Å². The normalized spacial score (nSPS) is 15.7. The van der Waals surface area contributed by atoms with Gasteiger partial charge in [0.05, 0.1) is 0 Å². The van der Waals surface area contributed by atoms with Crippen LogP contribution in [0.4, 0.5) is 8.78 Å². The number of hydrogen-bond acceptors (Lipinski definition) is 4. The van der Waals surface area contributed by atoms with Crippen LogP contribution in [0, 0.1) is 11.6 Å². The van der Waals surface area contributed by atoms with E-state index in [-0.39, 0.29) is 35.5 Å². The first-order chi connectivity index (χ1) is 28.1. The summed E-state index contributed by atoms with van der Waals surface area (Å²) >= 11 is 0. The molecule has 2 unspecified atom stereocenters. The second kappa shape index (κ2) is 18.5. The van der Waals surface area contributed by atoms with Crippen LogP contribution >= 0.6 is 0 Å². The summed E-state index contributed by atoms with van der Waals surface area (Å²) in [5, 5.41) is 6.35.